The van der Waals surface area contributed by atoms with Crippen molar-refractivity contribution >= 4 is 12.4 Å². The van der Waals surface area contributed by atoms with Crippen LogP contribution in [0, 0.1) is 13.8 Å². The van der Waals surface area contributed by atoms with Gasteiger partial charge in [-0.15, -0.1) is 19.8 Å². The third-order valence-electron chi connectivity index (χ3n) is 5.99. The smallest absolute Gasteiger partial charge is 0.173 e. The van der Waals surface area contributed by atoms with E-state index in [0.717, 1.165) is 5.56 Å². The van der Waals surface area contributed by atoms with Crippen LogP contribution in [0.4, 0.5) is 0 Å². The zero-order valence-corrected chi connectivity index (χ0v) is 21.3. The Kier molecular flexibility index (Phi) is 7.03. The number of aryl methyl sites for hydroxylation is 2. The fourth-order valence-corrected chi connectivity index (χ4v) is 4.03. The largest absolute Gasteiger partial charge is 0.508 e. The number of phenolic OH excluding ortho intramolecular Hbond substituents is 2. The Morgan fingerprint density at radius 3 is 1.77 bits per heavy atom. The van der Waals surface area contributed by atoms with Crippen LogP contribution in [0.3, 0.4) is 0 Å². The summed E-state index contributed by atoms with van der Waals surface area (Å²) in [5.41, 5.74) is 3.26. The predicted molar refractivity (Wildman–Crippen MR) is 141 cm³/mol. The molecule has 39 heavy (non-hydrogen) atoms. The monoisotopic (exact) mass is 524 g/mol. The van der Waals surface area contributed by atoms with Crippen molar-refractivity contribution in [2.24, 2.45) is 10.2 Å². The summed E-state index contributed by atoms with van der Waals surface area (Å²) in [6.45, 7) is 3.47. The molecule has 0 fully saturated rings. The van der Waals surface area contributed by atoms with Gasteiger partial charge in [-0.1, -0.05) is 12.1 Å². The highest BCUT2D eigenvalue weighted by atomic mass is 16.5. The SMILES string of the molecule is COc1cccc(C(c2cc(/C=N/n3nnnc3C)ccc2O)c2cc(/C=N/n3nnnc3C)ccc2O)c1. The molecule has 2 aromatic heterocycles. The van der Waals surface area contributed by atoms with E-state index in [2.05, 4.69) is 41.3 Å². The molecule has 0 saturated carbocycles. The summed E-state index contributed by atoms with van der Waals surface area (Å²) in [5.74, 6) is 1.20. The van der Waals surface area contributed by atoms with E-state index >= 15 is 0 Å². The Bertz CT molecular complexity index is 1570. The minimum Gasteiger partial charge on any atom is -0.508 e. The average molecular weight is 525 g/mol. The first-order valence-corrected chi connectivity index (χ1v) is 11.8. The van der Waals surface area contributed by atoms with E-state index in [1.54, 1.807) is 69.8 Å². The zero-order chi connectivity index (χ0) is 27.4. The van der Waals surface area contributed by atoms with E-state index in [9.17, 15) is 10.2 Å². The molecule has 0 aliphatic carbocycles. The van der Waals surface area contributed by atoms with Gasteiger partial charge in [-0.05, 0) is 99.9 Å². The second-order valence-electron chi connectivity index (χ2n) is 8.57. The lowest BCUT2D eigenvalue weighted by Gasteiger charge is -2.22. The first-order chi connectivity index (χ1) is 18.9. The number of nitrogens with zero attached hydrogens (tertiary/aromatic N) is 10. The molecular formula is C26H24N10O3. The van der Waals surface area contributed by atoms with Crippen LogP contribution >= 0.6 is 0 Å². The number of phenols is 2. The average Bonchev–Trinajstić information content (AvgIpc) is 3.56. The standard InChI is InChI=1S/C26H24N10O3/c1-16-29-31-33-35(16)27-14-18-7-9-24(37)22(11-18)26(20-5-4-6-21(13-20)39-3)23-12-19(8-10-25(23)38)15-28-36-17(2)30-32-34-36/h4-15,26,37-38H,1-3H3/b27-14+,28-15+. The topological polar surface area (TPSA) is 162 Å². The molecule has 5 rings (SSSR count). The Labute approximate surface area is 222 Å². The van der Waals surface area contributed by atoms with Crippen LogP contribution in [0.15, 0.2) is 70.9 Å². The van der Waals surface area contributed by atoms with Gasteiger partial charge in [0.15, 0.2) is 11.6 Å². The second kappa shape index (κ2) is 10.9. The van der Waals surface area contributed by atoms with Crippen molar-refractivity contribution in [3.63, 3.8) is 0 Å². The molecule has 0 atom stereocenters. The molecule has 0 spiro atoms. The molecule has 3 aromatic carbocycles. The first kappa shape index (κ1) is 25.2. The molecule has 2 N–H and O–H groups in total. The minimum atomic E-state index is -0.577. The van der Waals surface area contributed by atoms with Gasteiger partial charge in [0, 0.05) is 17.0 Å². The van der Waals surface area contributed by atoms with Crippen molar-refractivity contribution < 1.29 is 14.9 Å². The maximum absolute atomic E-state index is 11.0. The van der Waals surface area contributed by atoms with Crippen molar-refractivity contribution in [3.05, 3.63) is 100 Å². The summed E-state index contributed by atoms with van der Waals surface area (Å²) in [5, 5.41) is 53.1. The Morgan fingerprint density at radius 2 is 1.31 bits per heavy atom. The first-order valence-electron chi connectivity index (χ1n) is 11.8. The lowest BCUT2D eigenvalue weighted by Crippen LogP contribution is -2.07. The van der Waals surface area contributed by atoms with Gasteiger partial charge in [0.1, 0.15) is 17.2 Å². The van der Waals surface area contributed by atoms with Crippen LogP contribution in [0.2, 0.25) is 0 Å². The van der Waals surface area contributed by atoms with Gasteiger partial charge < -0.3 is 14.9 Å². The summed E-state index contributed by atoms with van der Waals surface area (Å²) in [6.07, 6.45) is 3.18. The highest BCUT2D eigenvalue weighted by molar-refractivity contribution is 5.82. The minimum absolute atomic E-state index is 0.0429. The van der Waals surface area contributed by atoms with Gasteiger partial charge in [0.05, 0.1) is 19.5 Å². The number of methoxy groups -OCH3 is 1. The maximum atomic E-state index is 11.0. The number of ether oxygens (including phenoxy) is 1. The van der Waals surface area contributed by atoms with Crippen LogP contribution in [-0.2, 0) is 0 Å². The number of tetrazole rings is 2. The molecule has 0 saturated heterocycles. The van der Waals surface area contributed by atoms with Crippen LogP contribution < -0.4 is 4.74 Å². The fourth-order valence-electron chi connectivity index (χ4n) is 4.03. The normalized spacial score (nSPS) is 11.7. The molecule has 0 aliphatic heterocycles. The molecule has 0 unspecified atom stereocenters. The van der Waals surface area contributed by atoms with Gasteiger partial charge in [-0.25, -0.2) is 0 Å². The number of rotatable bonds is 8. The number of hydrogen-bond donors (Lipinski definition) is 2. The Morgan fingerprint density at radius 1 is 0.769 bits per heavy atom. The van der Waals surface area contributed by atoms with Crippen LogP contribution in [0.5, 0.6) is 17.2 Å². The van der Waals surface area contributed by atoms with Crippen molar-refractivity contribution in [1.82, 2.24) is 40.6 Å². The van der Waals surface area contributed by atoms with Crippen molar-refractivity contribution in [1.29, 1.82) is 0 Å². The number of aromatic hydroxyl groups is 2. The zero-order valence-electron chi connectivity index (χ0n) is 21.3. The summed E-state index contributed by atoms with van der Waals surface area (Å²) >= 11 is 0. The molecule has 0 radical (unpaired) electrons. The third kappa shape index (κ3) is 5.46. The molecule has 13 nitrogen and oxygen atoms in total. The molecule has 13 heteroatoms. The quantitative estimate of drug-likeness (QED) is 0.230. The van der Waals surface area contributed by atoms with Crippen molar-refractivity contribution in [2.45, 2.75) is 19.8 Å². The predicted octanol–water partition coefficient (Wildman–Crippen LogP) is 2.64. The van der Waals surface area contributed by atoms with Crippen molar-refractivity contribution in [2.75, 3.05) is 7.11 Å². The molecule has 5 aromatic rings. The molecule has 196 valence electrons. The summed E-state index contributed by atoms with van der Waals surface area (Å²) in [4.78, 5) is 2.60. The highest BCUT2D eigenvalue weighted by Gasteiger charge is 2.24. The Balaban J connectivity index is 1.62. The van der Waals surface area contributed by atoms with E-state index in [1.165, 1.54) is 9.58 Å². The summed E-state index contributed by atoms with van der Waals surface area (Å²) in [6, 6.07) is 17.7. The maximum Gasteiger partial charge on any atom is 0.173 e. The second-order valence-corrected chi connectivity index (χ2v) is 8.57. The number of hydrogen-bond acceptors (Lipinski definition) is 11. The van der Waals surface area contributed by atoms with Crippen LogP contribution in [0.1, 0.15) is 45.4 Å². The number of aromatic nitrogens is 8. The van der Waals surface area contributed by atoms with E-state index in [0.29, 0.717) is 39.7 Å². The lowest BCUT2D eigenvalue weighted by atomic mass is 9.83. The summed E-state index contributed by atoms with van der Waals surface area (Å²) in [7, 11) is 1.58. The molecule has 2 heterocycles. The lowest BCUT2D eigenvalue weighted by molar-refractivity contribution is 0.414. The van der Waals surface area contributed by atoms with Crippen LogP contribution in [0.25, 0.3) is 0 Å². The third-order valence-corrected chi connectivity index (χ3v) is 5.99. The van der Waals surface area contributed by atoms with Gasteiger partial charge in [-0.3, -0.25) is 0 Å². The van der Waals surface area contributed by atoms with Crippen molar-refractivity contribution in [3.8, 4) is 17.2 Å². The van der Waals surface area contributed by atoms with Gasteiger partial charge in [0.2, 0.25) is 0 Å². The molecule has 0 bridgehead atoms. The van der Waals surface area contributed by atoms with Gasteiger partial charge in [-0.2, -0.15) is 10.2 Å². The van der Waals surface area contributed by atoms with E-state index < -0.39 is 5.92 Å². The summed E-state index contributed by atoms with van der Waals surface area (Å²) < 4.78 is 5.46. The Hall–Kier alpha value is -5.46. The van der Waals surface area contributed by atoms with E-state index in [4.69, 9.17) is 4.74 Å². The molecular weight excluding hydrogens is 500 g/mol. The van der Waals surface area contributed by atoms with E-state index in [-0.39, 0.29) is 11.5 Å². The van der Waals surface area contributed by atoms with E-state index in [1.807, 2.05) is 24.3 Å². The number of benzene rings is 3. The van der Waals surface area contributed by atoms with Crippen LogP contribution in [-0.4, -0.2) is 70.4 Å². The van der Waals surface area contributed by atoms with Gasteiger partial charge >= 0.3 is 0 Å². The van der Waals surface area contributed by atoms with Gasteiger partial charge in [0.25, 0.3) is 0 Å². The molecule has 0 amide bonds. The fraction of sp³-hybridized carbons (Fsp3) is 0.154. The highest BCUT2D eigenvalue weighted by Crippen LogP contribution is 2.41. The molecule has 0 aliphatic rings.